The zero-order valence-corrected chi connectivity index (χ0v) is 12.8. The highest BCUT2D eigenvalue weighted by Crippen LogP contribution is 2.28. The van der Waals surface area contributed by atoms with Crippen LogP contribution in [-0.4, -0.2) is 32.8 Å². The molecule has 0 bridgehead atoms. The minimum Gasteiger partial charge on any atom is -0.495 e. The third kappa shape index (κ3) is 3.41. The number of aliphatic hydroxyl groups excluding tert-OH is 1. The molecule has 0 amide bonds. The Morgan fingerprint density at radius 1 is 1.35 bits per heavy atom. The summed E-state index contributed by atoms with van der Waals surface area (Å²) in [7, 11) is -2.44. The molecule has 0 radical (unpaired) electrons. The fraction of sp³-hybridized carbons (Fsp3) is 0.538. The van der Waals surface area contributed by atoms with Gasteiger partial charge in [-0.1, -0.05) is 13.8 Å². The molecule has 0 atom stereocenters. The second-order valence-electron chi connectivity index (χ2n) is 4.66. The third-order valence-corrected chi connectivity index (χ3v) is 5.08. The summed E-state index contributed by atoms with van der Waals surface area (Å²) in [4.78, 5) is -0.0280. The molecule has 0 heterocycles. The largest absolute Gasteiger partial charge is 0.495 e. The lowest BCUT2D eigenvalue weighted by atomic mass is 9.96. The highest BCUT2D eigenvalue weighted by molar-refractivity contribution is 7.89. The molecule has 0 aromatic heterocycles. The normalized spacial score (nSPS) is 12.4. The van der Waals surface area contributed by atoms with Crippen LogP contribution in [0.3, 0.4) is 0 Å². The van der Waals surface area contributed by atoms with Crippen LogP contribution in [0.5, 0.6) is 5.75 Å². The molecule has 114 valence electrons. The van der Waals surface area contributed by atoms with Crippen molar-refractivity contribution in [2.75, 3.05) is 19.5 Å². The SMILES string of the molecule is CCC(CC)(CO)NS(=O)(=O)c1cc(N)ccc1OC. The van der Waals surface area contributed by atoms with Gasteiger partial charge in [-0.05, 0) is 31.0 Å². The van der Waals surface area contributed by atoms with Gasteiger partial charge < -0.3 is 15.6 Å². The van der Waals surface area contributed by atoms with Gasteiger partial charge in [-0.15, -0.1) is 0 Å². The molecule has 1 rings (SSSR count). The molecule has 0 aliphatic carbocycles. The number of benzene rings is 1. The van der Waals surface area contributed by atoms with Crippen molar-refractivity contribution in [2.45, 2.75) is 37.1 Å². The molecule has 0 saturated heterocycles. The van der Waals surface area contributed by atoms with Gasteiger partial charge in [-0.25, -0.2) is 13.1 Å². The lowest BCUT2D eigenvalue weighted by Gasteiger charge is -2.30. The highest BCUT2D eigenvalue weighted by atomic mass is 32.2. The number of hydrogen-bond acceptors (Lipinski definition) is 5. The Morgan fingerprint density at radius 2 is 1.95 bits per heavy atom. The molecule has 0 spiro atoms. The van der Waals surface area contributed by atoms with Crippen LogP contribution in [0.15, 0.2) is 23.1 Å². The number of hydrogen-bond donors (Lipinski definition) is 3. The van der Waals surface area contributed by atoms with Gasteiger partial charge in [-0.2, -0.15) is 0 Å². The van der Waals surface area contributed by atoms with Crippen LogP contribution >= 0.6 is 0 Å². The number of ether oxygens (including phenoxy) is 1. The van der Waals surface area contributed by atoms with Crippen LogP contribution < -0.4 is 15.2 Å². The first-order valence-electron chi connectivity index (χ1n) is 6.42. The number of methoxy groups -OCH3 is 1. The lowest BCUT2D eigenvalue weighted by molar-refractivity contribution is 0.172. The molecule has 1 aromatic carbocycles. The zero-order chi connectivity index (χ0) is 15.4. The monoisotopic (exact) mass is 302 g/mol. The summed E-state index contributed by atoms with van der Waals surface area (Å²) in [5, 5.41) is 9.48. The molecule has 1 aromatic rings. The zero-order valence-electron chi connectivity index (χ0n) is 12.0. The minimum absolute atomic E-state index is 0.0280. The summed E-state index contributed by atoms with van der Waals surface area (Å²) in [5.74, 6) is 0.214. The third-order valence-electron chi connectivity index (χ3n) is 3.48. The van der Waals surface area contributed by atoms with E-state index in [2.05, 4.69) is 4.72 Å². The van der Waals surface area contributed by atoms with Crippen molar-refractivity contribution in [3.8, 4) is 5.75 Å². The molecule has 0 unspecified atom stereocenters. The number of nitrogen functional groups attached to an aromatic ring is 1. The second kappa shape index (κ2) is 6.43. The maximum Gasteiger partial charge on any atom is 0.244 e. The Balaban J connectivity index is 3.27. The van der Waals surface area contributed by atoms with Crippen molar-refractivity contribution < 1.29 is 18.3 Å². The van der Waals surface area contributed by atoms with Crippen LogP contribution in [-0.2, 0) is 10.0 Å². The predicted molar refractivity (Wildman–Crippen MR) is 78.1 cm³/mol. The average molecular weight is 302 g/mol. The van der Waals surface area contributed by atoms with Gasteiger partial charge in [-0.3, -0.25) is 0 Å². The van der Waals surface area contributed by atoms with Crippen LogP contribution in [0, 0.1) is 0 Å². The molecule has 0 saturated carbocycles. The molecule has 0 aliphatic rings. The van der Waals surface area contributed by atoms with Crippen molar-refractivity contribution >= 4 is 15.7 Å². The van der Waals surface area contributed by atoms with E-state index in [4.69, 9.17) is 10.5 Å². The van der Waals surface area contributed by atoms with Crippen molar-refractivity contribution in [3.05, 3.63) is 18.2 Å². The summed E-state index contributed by atoms with van der Waals surface area (Å²) in [6.45, 7) is 3.36. The first-order chi connectivity index (χ1) is 9.34. The molecular weight excluding hydrogens is 280 g/mol. The minimum atomic E-state index is -3.83. The maximum atomic E-state index is 12.5. The Kier molecular flexibility index (Phi) is 5.38. The van der Waals surface area contributed by atoms with Crippen LogP contribution in [0.1, 0.15) is 26.7 Å². The van der Waals surface area contributed by atoms with Gasteiger partial charge in [0.2, 0.25) is 10.0 Å². The molecule has 20 heavy (non-hydrogen) atoms. The van der Waals surface area contributed by atoms with E-state index in [1.807, 2.05) is 13.8 Å². The molecule has 6 nitrogen and oxygen atoms in total. The van der Waals surface area contributed by atoms with Crippen molar-refractivity contribution in [3.63, 3.8) is 0 Å². The Labute approximate surface area is 120 Å². The van der Waals surface area contributed by atoms with E-state index in [0.717, 1.165) is 0 Å². The highest BCUT2D eigenvalue weighted by Gasteiger charge is 2.33. The first kappa shape index (κ1) is 16.7. The van der Waals surface area contributed by atoms with Crippen LogP contribution in [0.25, 0.3) is 0 Å². The van der Waals surface area contributed by atoms with E-state index in [0.29, 0.717) is 18.5 Å². The Bertz CT molecular complexity index is 545. The van der Waals surface area contributed by atoms with E-state index in [1.165, 1.54) is 19.2 Å². The van der Waals surface area contributed by atoms with E-state index < -0.39 is 15.6 Å². The topological polar surface area (TPSA) is 102 Å². The fourth-order valence-electron chi connectivity index (χ4n) is 1.89. The van der Waals surface area contributed by atoms with Gasteiger partial charge in [0.15, 0.2) is 0 Å². The number of rotatable bonds is 7. The van der Waals surface area contributed by atoms with Gasteiger partial charge in [0.25, 0.3) is 0 Å². The maximum absolute atomic E-state index is 12.5. The van der Waals surface area contributed by atoms with Crippen LogP contribution in [0.4, 0.5) is 5.69 Å². The van der Waals surface area contributed by atoms with E-state index in [9.17, 15) is 13.5 Å². The van der Waals surface area contributed by atoms with Gasteiger partial charge >= 0.3 is 0 Å². The summed E-state index contributed by atoms with van der Waals surface area (Å²) in [5.41, 5.74) is 5.09. The van der Waals surface area contributed by atoms with E-state index in [1.54, 1.807) is 6.07 Å². The number of aliphatic hydroxyl groups is 1. The lowest BCUT2D eigenvalue weighted by Crippen LogP contribution is -2.50. The molecule has 4 N–H and O–H groups in total. The van der Waals surface area contributed by atoms with Crippen molar-refractivity contribution in [1.82, 2.24) is 4.72 Å². The van der Waals surface area contributed by atoms with E-state index in [-0.39, 0.29) is 17.3 Å². The number of nitrogens with one attached hydrogen (secondary N) is 1. The first-order valence-corrected chi connectivity index (χ1v) is 7.90. The van der Waals surface area contributed by atoms with Crippen molar-refractivity contribution in [2.24, 2.45) is 0 Å². The predicted octanol–water partition coefficient (Wildman–Crippen LogP) is 1.11. The average Bonchev–Trinajstić information content (AvgIpc) is 2.45. The Morgan fingerprint density at radius 3 is 2.40 bits per heavy atom. The van der Waals surface area contributed by atoms with Gasteiger partial charge in [0.1, 0.15) is 10.6 Å². The fourth-order valence-corrected chi connectivity index (χ4v) is 3.63. The quantitative estimate of drug-likeness (QED) is 0.655. The van der Waals surface area contributed by atoms with Gasteiger partial charge in [0, 0.05) is 5.69 Å². The smallest absolute Gasteiger partial charge is 0.244 e. The van der Waals surface area contributed by atoms with Crippen molar-refractivity contribution in [1.29, 1.82) is 0 Å². The Hall–Kier alpha value is -1.31. The molecular formula is C13H22N2O4S. The summed E-state index contributed by atoms with van der Waals surface area (Å²) in [6.07, 6.45) is 0.952. The number of nitrogens with two attached hydrogens (primary N) is 1. The second-order valence-corrected chi connectivity index (χ2v) is 6.31. The standard InChI is InChI=1S/C13H22N2O4S/c1-4-13(5-2,9-16)15-20(17,18)12-8-10(14)6-7-11(12)19-3/h6-8,15-16H,4-5,9,14H2,1-3H3. The number of sulfonamides is 1. The molecule has 7 heteroatoms. The summed E-state index contributed by atoms with van der Waals surface area (Å²) >= 11 is 0. The van der Waals surface area contributed by atoms with E-state index >= 15 is 0 Å². The van der Waals surface area contributed by atoms with Gasteiger partial charge in [0.05, 0.1) is 19.3 Å². The van der Waals surface area contributed by atoms with Crippen LogP contribution in [0.2, 0.25) is 0 Å². The molecule has 0 fully saturated rings. The number of anilines is 1. The molecule has 0 aliphatic heterocycles. The summed E-state index contributed by atoms with van der Waals surface area (Å²) < 4.78 is 32.6. The summed E-state index contributed by atoms with van der Waals surface area (Å²) in [6, 6.07) is 4.41.